The zero-order valence-electron chi connectivity index (χ0n) is 14.7. The number of hydrogen-bond donors (Lipinski definition) is 1. The van der Waals surface area contributed by atoms with Crippen LogP contribution >= 0.6 is 0 Å². The minimum Gasteiger partial charge on any atom is -0.348 e. The number of nitrogens with one attached hydrogen (secondary N) is 1. The van der Waals surface area contributed by atoms with Gasteiger partial charge < -0.3 is 4.98 Å². The molecule has 2 saturated heterocycles. The topological polar surface area (TPSA) is 69.3 Å². The van der Waals surface area contributed by atoms with Gasteiger partial charge in [0.25, 0.3) is 0 Å². The Kier molecular flexibility index (Phi) is 4.93. The molecule has 2 aromatic rings. The summed E-state index contributed by atoms with van der Waals surface area (Å²) in [6, 6.07) is 10.3. The Balaban J connectivity index is 1.45. The summed E-state index contributed by atoms with van der Waals surface area (Å²) in [4.78, 5) is 12.0. The monoisotopic (exact) mass is 372 g/mol. The van der Waals surface area contributed by atoms with Crippen LogP contribution in [0.3, 0.4) is 0 Å². The van der Waals surface area contributed by atoms with Crippen molar-refractivity contribution in [1.29, 1.82) is 0 Å². The lowest BCUT2D eigenvalue weighted by Crippen LogP contribution is -2.58. The SMILES string of the molecule is O=S1(=O)C[C@@H]2[C@H](C1)N(C/C=C/c1ccccc1)CCN2Cc1ncc[nH]1. The minimum absolute atomic E-state index is 0.0453. The van der Waals surface area contributed by atoms with E-state index in [4.69, 9.17) is 0 Å². The standard InChI is InChI=1S/C19H24N4O2S/c24-26(25)14-17-18(15-26)23(13-19-20-8-9-21-19)12-11-22(17)10-4-7-16-5-2-1-3-6-16/h1-9,17-18H,10-15H2,(H,20,21)/b7-4+/t17-,18+/m0/s1. The molecule has 3 heterocycles. The van der Waals surface area contributed by atoms with Crippen molar-refractivity contribution in [2.75, 3.05) is 31.1 Å². The molecular formula is C19H24N4O2S. The molecule has 2 fully saturated rings. The Morgan fingerprint density at radius 1 is 1.12 bits per heavy atom. The highest BCUT2D eigenvalue weighted by Crippen LogP contribution is 2.27. The van der Waals surface area contributed by atoms with Crippen LogP contribution in [0.5, 0.6) is 0 Å². The fraction of sp³-hybridized carbons (Fsp3) is 0.421. The lowest BCUT2D eigenvalue weighted by Gasteiger charge is -2.43. The normalized spacial score (nSPS) is 26.3. The van der Waals surface area contributed by atoms with Gasteiger partial charge in [0.2, 0.25) is 0 Å². The third kappa shape index (κ3) is 3.90. The van der Waals surface area contributed by atoms with Crippen molar-refractivity contribution in [2.24, 2.45) is 0 Å². The zero-order chi connectivity index (χ0) is 18.0. The first-order valence-corrected chi connectivity index (χ1v) is 10.8. The molecular weight excluding hydrogens is 348 g/mol. The largest absolute Gasteiger partial charge is 0.348 e. The fourth-order valence-corrected chi connectivity index (χ4v) is 6.03. The summed E-state index contributed by atoms with van der Waals surface area (Å²) >= 11 is 0. The second-order valence-corrected chi connectivity index (χ2v) is 9.18. The maximum absolute atomic E-state index is 12.3. The lowest BCUT2D eigenvalue weighted by molar-refractivity contribution is 0.0464. The van der Waals surface area contributed by atoms with Crippen molar-refractivity contribution in [3.05, 3.63) is 60.2 Å². The summed E-state index contributed by atoms with van der Waals surface area (Å²) in [6.07, 6.45) is 7.79. The predicted octanol–water partition coefficient (Wildman–Crippen LogP) is 1.41. The van der Waals surface area contributed by atoms with Gasteiger partial charge in [-0.15, -0.1) is 0 Å². The van der Waals surface area contributed by atoms with Crippen LogP contribution in [0.1, 0.15) is 11.4 Å². The Morgan fingerprint density at radius 3 is 2.58 bits per heavy atom. The average molecular weight is 372 g/mol. The van der Waals surface area contributed by atoms with Gasteiger partial charge in [-0.2, -0.15) is 0 Å². The molecule has 6 nitrogen and oxygen atoms in total. The van der Waals surface area contributed by atoms with Gasteiger partial charge in [0, 0.05) is 44.1 Å². The van der Waals surface area contributed by atoms with Crippen molar-refractivity contribution in [3.8, 4) is 0 Å². The first-order chi connectivity index (χ1) is 12.6. The molecule has 0 spiro atoms. The molecule has 2 atom stereocenters. The highest BCUT2D eigenvalue weighted by atomic mass is 32.2. The summed E-state index contributed by atoms with van der Waals surface area (Å²) < 4.78 is 24.6. The van der Waals surface area contributed by atoms with Gasteiger partial charge in [-0.05, 0) is 5.56 Å². The zero-order valence-corrected chi connectivity index (χ0v) is 15.5. The van der Waals surface area contributed by atoms with Crippen molar-refractivity contribution < 1.29 is 8.42 Å². The Hall–Kier alpha value is -1.96. The number of rotatable bonds is 5. The van der Waals surface area contributed by atoms with Crippen molar-refractivity contribution >= 4 is 15.9 Å². The molecule has 26 heavy (non-hydrogen) atoms. The average Bonchev–Trinajstić information content (AvgIpc) is 3.24. The van der Waals surface area contributed by atoms with E-state index in [1.54, 1.807) is 6.20 Å². The summed E-state index contributed by atoms with van der Waals surface area (Å²) in [5, 5.41) is 0. The van der Waals surface area contributed by atoms with Crippen LogP contribution in [0.2, 0.25) is 0 Å². The van der Waals surface area contributed by atoms with E-state index in [1.165, 1.54) is 5.56 Å². The maximum atomic E-state index is 12.3. The van der Waals surface area contributed by atoms with Crippen LogP contribution in [-0.2, 0) is 16.4 Å². The van der Waals surface area contributed by atoms with E-state index in [0.717, 1.165) is 25.5 Å². The molecule has 0 unspecified atom stereocenters. The Morgan fingerprint density at radius 2 is 1.85 bits per heavy atom. The number of hydrogen-bond acceptors (Lipinski definition) is 5. The molecule has 1 N–H and O–H groups in total. The number of nitrogens with zero attached hydrogens (tertiary/aromatic N) is 3. The van der Waals surface area contributed by atoms with E-state index in [1.807, 2.05) is 24.4 Å². The number of benzene rings is 1. The van der Waals surface area contributed by atoms with Crippen LogP contribution < -0.4 is 0 Å². The van der Waals surface area contributed by atoms with Gasteiger partial charge >= 0.3 is 0 Å². The van der Waals surface area contributed by atoms with E-state index >= 15 is 0 Å². The molecule has 0 radical (unpaired) electrons. The van der Waals surface area contributed by atoms with E-state index in [-0.39, 0.29) is 23.6 Å². The number of piperazine rings is 1. The van der Waals surface area contributed by atoms with E-state index in [2.05, 4.69) is 44.1 Å². The van der Waals surface area contributed by atoms with Crippen LogP contribution in [-0.4, -0.2) is 71.4 Å². The molecule has 0 amide bonds. The van der Waals surface area contributed by atoms with Gasteiger partial charge in [0.15, 0.2) is 9.84 Å². The van der Waals surface area contributed by atoms with E-state index < -0.39 is 9.84 Å². The number of imidazole rings is 1. The van der Waals surface area contributed by atoms with Crippen molar-refractivity contribution in [1.82, 2.24) is 19.8 Å². The minimum atomic E-state index is -2.99. The third-order valence-corrected chi connectivity index (χ3v) is 6.96. The first kappa shape index (κ1) is 17.5. The van der Waals surface area contributed by atoms with E-state index in [0.29, 0.717) is 6.54 Å². The fourth-order valence-electron chi connectivity index (χ4n) is 3.98. The third-order valence-electron chi connectivity index (χ3n) is 5.26. The molecule has 138 valence electrons. The second-order valence-electron chi connectivity index (χ2n) is 7.03. The van der Waals surface area contributed by atoms with Crippen LogP contribution in [0.25, 0.3) is 6.08 Å². The van der Waals surface area contributed by atoms with Crippen LogP contribution in [0, 0.1) is 0 Å². The number of sulfone groups is 1. The van der Waals surface area contributed by atoms with Crippen molar-refractivity contribution in [3.63, 3.8) is 0 Å². The molecule has 0 bridgehead atoms. The Bertz CT molecular complexity index is 849. The molecule has 1 aromatic heterocycles. The second kappa shape index (κ2) is 7.34. The lowest BCUT2D eigenvalue weighted by atomic mass is 10.0. The summed E-state index contributed by atoms with van der Waals surface area (Å²) in [7, 11) is -2.99. The summed E-state index contributed by atoms with van der Waals surface area (Å²) in [5.74, 6) is 1.40. The molecule has 4 rings (SSSR count). The van der Waals surface area contributed by atoms with Crippen LogP contribution in [0.15, 0.2) is 48.8 Å². The molecule has 0 saturated carbocycles. The summed E-state index contributed by atoms with van der Waals surface area (Å²) in [5.41, 5.74) is 1.17. The molecule has 7 heteroatoms. The summed E-state index contributed by atoms with van der Waals surface area (Å²) in [6.45, 7) is 3.19. The first-order valence-electron chi connectivity index (χ1n) is 8.99. The van der Waals surface area contributed by atoms with Crippen molar-refractivity contribution in [2.45, 2.75) is 18.6 Å². The predicted molar refractivity (Wildman–Crippen MR) is 102 cm³/mol. The Labute approximate surface area is 154 Å². The van der Waals surface area contributed by atoms with Gasteiger partial charge in [0.1, 0.15) is 5.82 Å². The molecule has 2 aliphatic heterocycles. The molecule has 2 aliphatic rings. The van der Waals surface area contributed by atoms with Crippen LogP contribution in [0.4, 0.5) is 0 Å². The number of fused-ring (bicyclic) bond motifs is 1. The van der Waals surface area contributed by atoms with Gasteiger partial charge in [0.05, 0.1) is 18.1 Å². The number of aromatic nitrogens is 2. The molecule has 0 aliphatic carbocycles. The highest BCUT2D eigenvalue weighted by molar-refractivity contribution is 7.91. The quantitative estimate of drug-likeness (QED) is 0.859. The van der Waals surface area contributed by atoms with E-state index in [9.17, 15) is 8.42 Å². The number of H-pyrrole nitrogens is 1. The van der Waals surface area contributed by atoms with Gasteiger partial charge in [-0.3, -0.25) is 9.80 Å². The number of aromatic amines is 1. The highest BCUT2D eigenvalue weighted by Gasteiger charge is 2.46. The van der Waals surface area contributed by atoms with Gasteiger partial charge in [-0.1, -0.05) is 42.5 Å². The maximum Gasteiger partial charge on any atom is 0.153 e. The molecule has 1 aromatic carbocycles. The van der Waals surface area contributed by atoms with Gasteiger partial charge in [-0.25, -0.2) is 13.4 Å². The smallest absolute Gasteiger partial charge is 0.153 e.